The molecule has 0 spiro atoms. The fourth-order valence-electron chi connectivity index (χ4n) is 0.863. The van der Waals surface area contributed by atoms with Crippen molar-refractivity contribution in [2.45, 2.75) is 13.8 Å². The van der Waals surface area contributed by atoms with Gasteiger partial charge in [-0.25, -0.2) is 0 Å². The first-order valence-corrected chi connectivity index (χ1v) is 5.64. The minimum atomic E-state index is 0.0329. The van der Waals surface area contributed by atoms with Gasteiger partial charge in [-0.1, -0.05) is 13.8 Å². The summed E-state index contributed by atoms with van der Waals surface area (Å²) in [5.41, 5.74) is 5.24. The fraction of sp³-hybridized carbons (Fsp3) is 0.909. The van der Waals surface area contributed by atoms with Gasteiger partial charge in [-0.15, -0.1) is 0 Å². The molecule has 0 aromatic heterocycles. The van der Waals surface area contributed by atoms with E-state index in [1.54, 1.807) is 0 Å². The van der Waals surface area contributed by atoms with Crippen LogP contribution in [0.3, 0.4) is 0 Å². The fourth-order valence-corrected chi connectivity index (χ4v) is 0.863. The van der Waals surface area contributed by atoms with Crippen LogP contribution in [0.5, 0.6) is 0 Å². The molecule has 2 N–H and O–H groups in total. The third-order valence-corrected chi connectivity index (χ3v) is 1.89. The van der Waals surface area contributed by atoms with Crippen molar-refractivity contribution in [1.29, 1.82) is 0 Å². The molecule has 0 saturated carbocycles. The van der Waals surface area contributed by atoms with E-state index >= 15 is 0 Å². The van der Waals surface area contributed by atoms with Gasteiger partial charge in [0.2, 0.25) is 0 Å². The second kappa shape index (κ2) is 11.0. The van der Waals surface area contributed by atoms with Crippen LogP contribution in [0.1, 0.15) is 13.8 Å². The Kier molecular flexibility index (Phi) is 10.7. The molecule has 5 heteroatoms. The van der Waals surface area contributed by atoms with Crippen LogP contribution < -0.4 is 5.73 Å². The summed E-state index contributed by atoms with van der Waals surface area (Å²) in [7, 11) is 0. The van der Waals surface area contributed by atoms with E-state index in [2.05, 4.69) is 0 Å². The first-order valence-electron chi connectivity index (χ1n) is 5.64. The summed E-state index contributed by atoms with van der Waals surface area (Å²) in [6.07, 6.45) is 0. The molecule has 16 heavy (non-hydrogen) atoms. The lowest BCUT2D eigenvalue weighted by atomic mass is 10.1. The average molecular weight is 233 g/mol. The molecule has 0 aliphatic rings. The lowest BCUT2D eigenvalue weighted by Gasteiger charge is -2.07. The van der Waals surface area contributed by atoms with E-state index in [-0.39, 0.29) is 18.3 Å². The summed E-state index contributed by atoms with van der Waals surface area (Å²) >= 11 is 0. The molecule has 0 radical (unpaired) electrons. The molecule has 0 aromatic rings. The summed E-state index contributed by atoms with van der Waals surface area (Å²) in [6.45, 7) is 6.97. The Morgan fingerprint density at radius 2 is 1.50 bits per heavy atom. The molecule has 0 amide bonds. The Morgan fingerprint density at radius 3 is 2.00 bits per heavy atom. The van der Waals surface area contributed by atoms with Crippen molar-refractivity contribution in [3.05, 3.63) is 0 Å². The molecule has 0 unspecified atom stereocenters. The Hall–Kier alpha value is -0.490. The van der Waals surface area contributed by atoms with Crippen molar-refractivity contribution in [2.75, 3.05) is 46.2 Å². The molecule has 5 nitrogen and oxygen atoms in total. The molecular formula is C11H23NO4. The number of ketones is 1. The molecule has 0 heterocycles. The van der Waals surface area contributed by atoms with Gasteiger partial charge in [0.15, 0.2) is 5.78 Å². The maximum Gasteiger partial charge on any atom is 0.160 e. The molecule has 0 aromatic carbocycles. The smallest absolute Gasteiger partial charge is 0.160 e. The third-order valence-electron chi connectivity index (χ3n) is 1.89. The quantitative estimate of drug-likeness (QED) is 0.517. The summed E-state index contributed by atoms with van der Waals surface area (Å²) < 4.78 is 15.5. The van der Waals surface area contributed by atoms with Crippen molar-refractivity contribution < 1.29 is 19.0 Å². The second-order valence-corrected chi connectivity index (χ2v) is 3.69. The van der Waals surface area contributed by atoms with E-state index in [4.69, 9.17) is 19.9 Å². The lowest BCUT2D eigenvalue weighted by Crippen LogP contribution is -2.17. The zero-order chi connectivity index (χ0) is 12.2. The van der Waals surface area contributed by atoms with E-state index in [1.807, 2.05) is 13.8 Å². The summed E-state index contributed by atoms with van der Waals surface area (Å²) in [6, 6.07) is 0. The zero-order valence-corrected chi connectivity index (χ0v) is 10.2. The molecule has 0 bridgehead atoms. The molecule has 0 saturated heterocycles. The van der Waals surface area contributed by atoms with E-state index in [0.717, 1.165) is 0 Å². The van der Waals surface area contributed by atoms with Gasteiger partial charge >= 0.3 is 0 Å². The minimum Gasteiger partial charge on any atom is -0.378 e. The third kappa shape index (κ3) is 10.0. The van der Waals surface area contributed by atoms with Gasteiger partial charge in [0.05, 0.1) is 33.0 Å². The number of rotatable bonds is 11. The highest BCUT2D eigenvalue weighted by Crippen LogP contribution is 1.94. The average Bonchev–Trinajstić information content (AvgIpc) is 2.26. The van der Waals surface area contributed by atoms with Gasteiger partial charge in [0.1, 0.15) is 6.61 Å². The first kappa shape index (κ1) is 15.5. The van der Waals surface area contributed by atoms with Crippen molar-refractivity contribution in [2.24, 2.45) is 11.7 Å². The Bertz CT molecular complexity index is 173. The van der Waals surface area contributed by atoms with E-state index in [9.17, 15) is 4.79 Å². The standard InChI is InChI=1S/C11H23NO4/c1-10(2)11(13)9-16-8-7-15-6-5-14-4-3-12/h10H,3-9,12H2,1-2H3. The number of Topliss-reactive ketones (excluding diaryl/α,β-unsaturated/α-hetero) is 1. The molecule has 0 aliphatic carbocycles. The topological polar surface area (TPSA) is 70.8 Å². The van der Waals surface area contributed by atoms with Gasteiger partial charge in [-0.05, 0) is 0 Å². The van der Waals surface area contributed by atoms with Gasteiger partial charge in [-0.2, -0.15) is 0 Å². The van der Waals surface area contributed by atoms with Crippen LogP contribution in [0.4, 0.5) is 0 Å². The van der Waals surface area contributed by atoms with Crippen LogP contribution in [0.2, 0.25) is 0 Å². The van der Waals surface area contributed by atoms with Crippen LogP contribution in [0.25, 0.3) is 0 Å². The number of ether oxygens (including phenoxy) is 3. The molecule has 0 atom stereocenters. The largest absolute Gasteiger partial charge is 0.378 e. The Labute approximate surface area is 97.2 Å². The number of nitrogens with two attached hydrogens (primary N) is 1. The molecule has 0 rings (SSSR count). The molecule has 0 fully saturated rings. The van der Waals surface area contributed by atoms with Gasteiger partial charge in [0.25, 0.3) is 0 Å². The number of hydrogen-bond acceptors (Lipinski definition) is 5. The predicted molar refractivity (Wildman–Crippen MR) is 61.4 cm³/mol. The van der Waals surface area contributed by atoms with Gasteiger partial charge < -0.3 is 19.9 Å². The van der Waals surface area contributed by atoms with Gasteiger partial charge in [-0.3, -0.25) is 4.79 Å². The Morgan fingerprint density at radius 1 is 1.00 bits per heavy atom. The van der Waals surface area contributed by atoms with Gasteiger partial charge in [0, 0.05) is 12.5 Å². The molecular weight excluding hydrogens is 210 g/mol. The lowest BCUT2D eigenvalue weighted by molar-refractivity contribution is -0.127. The SMILES string of the molecule is CC(C)C(=O)COCCOCCOCCN. The van der Waals surface area contributed by atoms with E-state index in [0.29, 0.717) is 39.6 Å². The Balaban J connectivity index is 3.07. The van der Waals surface area contributed by atoms with Crippen molar-refractivity contribution in [3.63, 3.8) is 0 Å². The van der Waals surface area contributed by atoms with Crippen LogP contribution >= 0.6 is 0 Å². The van der Waals surface area contributed by atoms with Crippen molar-refractivity contribution in [3.8, 4) is 0 Å². The summed E-state index contributed by atoms with van der Waals surface area (Å²) in [5, 5.41) is 0. The maximum atomic E-state index is 11.2. The predicted octanol–water partition coefficient (Wildman–Crippen LogP) is 0.220. The maximum absolute atomic E-state index is 11.2. The highest BCUT2D eigenvalue weighted by atomic mass is 16.5. The molecule has 96 valence electrons. The van der Waals surface area contributed by atoms with Crippen LogP contribution in [-0.2, 0) is 19.0 Å². The highest BCUT2D eigenvalue weighted by molar-refractivity contribution is 5.81. The van der Waals surface area contributed by atoms with Crippen LogP contribution in [-0.4, -0.2) is 52.0 Å². The second-order valence-electron chi connectivity index (χ2n) is 3.69. The number of hydrogen-bond donors (Lipinski definition) is 1. The van der Waals surface area contributed by atoms with E-state index in [1.165, 1.54) is 0 Å². The van der Waals surface area contributed by atoms with Crippen molar-refractivity contribution in [1.82, 2.24) is 0 Å². The van der Waals surface area contributed by atoms with E-state index < -0.39 is 0 Å². The minimum absolute atomic E-state index is 0.0329. The monoisotopic (exact) mass is 233 g/mol. The van der Waals surface area contributed by atoms with Crippen LogP contribution in [0, 0.1) is 5.92 Å². The normalized spacial score (nSPS) is 11.0. The summed E-state index contributed by atoms with van der Waals surface area (Å²) in [4.78, 5) is 11.2. The number of carbonyl (C=O) groups excluding carboxylic acids is 1. The molecule has 0 aliphatic heterocycles. The van der Waals surface area contributed by atoms with Crippen molar-refractivity contribution >= 4 is 5.78 Å². The van der Waals surface area contributed by atoms with Crippen LogP contribution in [0.15, 0.2) is 0 Å². The number of carbonyl (C=O) groups is 1. The highest BCUT2D eigenvalue weighted by Gasteiger charge is 2.06. The summed E-state index contributed by atoms with van der Waals surface area (Å²) in [5.74, 6) is 0.150. The zero-order valence-electron chi connectivity index (χ0n) is 10.2. The first-order chi connectivity index (χ1) is 7.68.